The monoisotopic (exact) mass is 288 g/mol. The average molecular weight is 289 g/mol. The Balaban J connectivity index is 2.91. The maximum absolute atomic E-state index is 11.9. The molecule has 0 aliphatic rings. The number of nitriles is 1. The summed E-state index contributed by atoms with van der Waals surface area (Å²) in [6.07, 6.45) is 5.41. The number of aliphatic hydroxyl groups excluding tert-OH is 1. The third kappa shape index (κ3) is 4.05. The van der Waals surface area contributed by atoms with Gasteiger partial charge in [0.25, 0.3) is 5.91 Å². The molecule has 5 heteroatoms. The number of anilines is 1. The fraction of sp³-hybridized carbons (Fsp3) is 0.200. The highest BCUT2D eigenvalue weighted by Gasteiger charge is 2.15. The summed E-state index contributed by atoms with van der Waals surface area (Å²) in [7, 11) is 0. The first-order valence-electron chi connectivity index (χ1n) is 5.82. The van der Waals surface area contributed by atoms with Gasteiger partial charge in [0.1, 0.15) is 11.8 Å². The van der Waals surface area contributed by atoms with Gasteiger partial charge in [0.15, 0.2) is 5.57 Å². The van der Waals surface area contributed by atoms with Crippen molar-refractivity contribution in [1.82, 2.24) is 0 Å². The van der Waals surface area contributed by atoms with Gasteiger partial charge in [-0.25, -0.2) is 0 Å². The van der Waals surface area contributed by atoms with E-state index in [4.69, 9.17) is 23.3 Å². The Labute approximate surface area is 122 Å². The summed E-state index contributed by atoms with van der Waals surface area (Å²) in [6.45, 7) is 1.80. The Kier molecular flexibility index (Phi) is 5.65. The number of nitrogens with zero attached hydrogens (tertiary/aromatic N) is 1. The lowest BCUT2D eigenvalue weighted by Crippen LogP contribution is -2.15. The molecule has 0 heterocycles. The van der Waals surface area contributed by atoms with Crippen LogP contribution in [0.25, 0.3) is 0 Å². The van der Waals surface area contributed by atoms with Crippen molar-refractivity contribution < 1.29 is 9.90 Å². The maximum atomic E-state index is 11.9. The normalized spacial score (nSPS) is 11.0. The lowest BCUT2D eigenvalue weighted by molar-refractivity contribution is -0.112. The van der Waals surface area contributed by atoms with Gasteiger partial charge < -0.3 is 10.4 Å². The van der Waals surface area contributed by atoms with Gasteiger partial charge >= 0.3 is 0 Å². The summed E-state index contributed by atoms with van der Waals surface area (Å²) >= 11 is 5.88. The standard InChI is InChI=1S/C15H13ClN2O2/c1-3-4-5-14(19)12(9-17)15(20)18-11-6-7-13(16)10(2)8-11/h1,6-8,19H,4-5H2,2H3,(H,18,20). The minimum atomic E-state index is -0.677. The summed E-state index contributed by atoms with van der Waals surface area (Å²) in [5, 5.41) is 21.7. The zero-order chi connectivity index (χ0) is 15.1. The number of benzene rings is 1. The number of hydrogen-bond acceptors (Lipinski definition) is 3. The Morgan fingerprint density at radius 3 is 2.80 bits per heavy atom. The van der Waals surface area contributed by atoms with Crippen LogP contribution in [0.15, 0.2) is 29.5 Å². The largest absolute Gasteiger partial charge is 0.511 e. The number of amides is 1. The van der Waals surface area contributed by atoms with E-state index in [1.807, 2.05) is 0 Å². The van der Waals surface area contributed by atoms with Crippen molar-refractivity contribution in [3.63, 3.8) is 0 Å². The van der Waals surface area contributed by atoms with Crippen LogP contribution in [-0.2, 0) is 4.79 Å². The summed E-state index contributed by atoms with van der Waals surface area (Å²) in [5.41, 5.74) is 0.950. The summed E-state index contributed by atoms with van der Waals surface area (Å²) < 4.78 is 0. The number of nitrogens with one attached hydrogen (secondary N) is 1. The van der Waals surface area contributed by atoms with Crippen molar-refractivity contribution in [2.75, 3.05) is 5.32 Å². The van der Waals surface area contributed by atoms with Crippen LogP contribution in [0.4, 0.5) is 5.69 Å². The highest BCUT2D eigenvalue weighted by molar-refractivity contribution is 6.31. The van der Waals surface area contributed by atoms with Gasteiger partial charge in [0, 0.05) is 23.6 Å². The molecule has 20 heavy (non-hydrogen) atoms. The second kappa shape index (κ2) is 7.23. The molecule has 102 valence electrons. The molecule has 0 radical (unpaired) electrons. The fourth-order valence-electron chi connectivity index (χ4n) is 1.48. The summed E-state index contributed by atoms with van der Waals surface area (Å²) in [6, 6.07) is 6.61. The minimum Gasteiger partial charge on any atom is -0.511 e. The van der Waals surface area contributed by atoms with E-state index in [1.165, 1.54) is 0 Å². The molecule has 1 aromatic carbocycles. The molecule has 4 nitrogen and oxygen atoms in total. The third-order valence-electron chi connectivity index (χ3n) is 2.55. The van der Waals surface area contributed by atoms with E-state index in [-0.39, 0.29) is 24.2 Å². The highest BCUT2D eigenvalue weighted by Crippen LogP contribution is 2.20. The number of aliphatic hydroxyl groups is 1. The third-order valence-corrected chi connectivity index (χ3v) is 2.97. The number of carbonyl (C=O) groups excluding carboxylic acids is 1. The molecule has 0 aliphatic carbocycles. The molecule has 0 unspecified atom stereocenters. The predicted octanol–water partition coefficient (Wildman–Crippen LogP) is 3.34. The van der Waals surface area contributed by atoms with Crippen LogP contribution in [0.2, 0.25) is 5.02 Å². The van der Waals surface area contributed by atoms with Gasteiger partial charge in [0.2, 0.25) is 0 Å². The highest BCUT2D eigenvalue weighted by atomic mass is 35.5. The Bertz CT molecular complexity index is 636. The predicted molar refractivity (Wildman–Crippen MR) is 78.2 cm³/mol. The molecule has 1 amide bonds. The number of halogens is 1. The summed E-state index contributed by atoms with van der Waals surface area (Å²) in [4.78, 5) is 11.9. The molecular weight excluding hydrogens is 276 g/mol. The molecule has 1 rings (SSSR count). The minimum absolute atomic E-state index is 0.0897. The molecule has 0 saturated carbocycles. The van der Waals surface area contributed by atoms with Crippen LogP contribution in [0.3, 0.4) is 0 Å². The van der Waals surface area contributed by atoms with E-state index in [0.29, 0.717) is 10.7 Å². The first-order chi connectivity index (χ1) is 9.49. The first-order valence-corrected chi connectivity index (χ1v) is 6.20. The zero-order valence-corrected chi connectivity index (χ0v) is 11.7. The topological polar surface area (TPSA) is 73.1 Å². The first kappa shape index (κ1) is 15.6. The molecule has 0 atom stereocenters. The van der Waals surface area contributed by atoms with Crippen molar-refractivity contribution in [1.29, 1.82) is 5.26 Å². The summed E-state index contributed by atoms with van der Waals surface area (Å²) in [5.74, 6) is 1.34. The van der Waals surface area contributed by atoms with E-state index in [9.17, 15) is 9.90 Å². The van der Waals surface area contributed by atoms with Gasteiger partial charge in [-0.05, 0) is 30.7 Å². The Morgan fingerprint density at radius 2 is 2.25 bits per heavy atom. The number of aryl methyl sites for hydroxylation is 1. The van der Waals surface area contributed by atoms with E-state index in [0.717, 1.165) is 5.56 Å². The average Bonchev–Trinajstić information content (AvgIpc) is 2.41. The molecule has 0 bridgehead atoms. The van der Waals surface area contributed by atoms with Gasteiger partial charge in [-0.1, -0.05) is 11.6 Å². The van der Waals surface area contributed by atoms with E-state index < -0.39 is 5.91 Å². The molecule has 0 aliphatic heterocycles. The van der Waals surface area contributed by atoms with Crippen molar-refractivity contribution in [2.24, 2.45) is 0 Å². The number of hydrogen-bond donors (Lipinski definition) is 2. The van der Waals surface area contributed by atoms with Crippen molar-refractivity contribution in [3.05, 3.63) is 40.1 Å². The van der Waals surface area contributed by atoms with Crippen LogP contribution in [0.5, 0.6) is 0 Å². The Morgan fingerprint density at radius 1 is 1.55 bits per heavy atom. The quantitative estimate of drug-likeness (QED) is 0.386. The van der Waals surface area contributed by atoms with Crippen LogP contribution in [0.1, 0.15) is 18.4 Å². The van der Waals surface area contributed by atoms with Crippen LogP contribution >= 0.6 is 11.6 Å². The van der Waals surface area contributed by atoms with Crippen LogP contribution in [-0.4, -0.2) is 11.0 Å². The molecule has 0 saturated heterocycles. The number of rotatable bonds is 4. The van der Waals surface area contributed by atoms with Gasteiger partial charge in [0.05, 0.1) is 0 Å². The lowest BCUT2D eigenvalue weighted by Gasteiger charge is -2.07. The Hall–Kier alpha value is -2.43. The van der Waals surface area contributed by atoms with Crippen molar-refractivity contribution in [2.45, 2.75) is 19.8 Å². The van der Waals surface area contributed by atoms with Crippen LogP contribution < -0.4 is 5.32 Å². The fourth-order valence-corrected chi connectivity index (χ4v) is 1.60. The molecule has 0 fully saturated rings. The van der Waals surface area contributed by atoms with Crippen LogP contribution in [0, 0.1) is 30.6 Å². The van der Waals surface area contributed by atoms with Crippen molar-refractivity contribution in [3.8, 4) is 18.4 Å². The molecule has 0 spiro atoms. The molecule has 0 aromatic heterocycles. The molecule has 1 aromatic rings. The zero-order valence-electron chi connectivity index (χ0n) is 10.9. The van der Waals surface area contributed by atoms with Crippen molar-refractivity contribution >= 4 is 23.2 Å². The van der Waals surface area contributed by atoms with E-state index >= 15 is 0 Å². The lowest BCUT2D eigenvalue weighted by atomic mass is 10.1. The van der Waals surface area contributed by atoms with Gasteiger partial charge in [-0.3, -0.25) is 4.79 Å². The number of terminal acetylenes is 1. The smallest absolute Gasteiger partial charge is 0.269 e. The number of carbonyl (C=O) groups is 1. The molecule has 2 N–H and O–H groups in total. The SMILES string of the molecule is C#CCCC(O)=C(C#N)C(=O)Nc1ccc(Cl)c(C)c1. The van der Waals surface area contributed by atoms with E-state index in [2.05, 4.69) is 11.2 Å². The maximum Gasteiger partial charge on any atom is 0.269 e. The second-order valence-electron chi connectivity index (χ2n) is 4.06. The second-order valence-corrected chi connectivity index (χ2v) is 4.46. The number of allylic oxidation sites excluding steroid dienone is 1. The van der Waals surface area contributed by atoms with Gasteiger partial charge in [-0.2, -0.15) is 5.26 Å². The van der Waals surface area contributed by atoms with Gasteiger partial charge in [-0.15, -0.1) is 12.3 Å². The molecular formula is C15H13ClN2O2. The van der Waals surface area contributed by atoms with E-state index in [1.54, 1.807) is 31.2 Å².